The van der Waals surface area contributed by atoms with E-state index in [1.54, 1.807) is 0 Å². The normalized spacial score (nSPS) is 16.9. The highest BCUT2D eigenvalue weighted by Gasteiger charge is 2.20. The number of piperazine rings is 1. The van der Waals surface area contributed by atoms with Crippen molar-refractivity contribution in [3.8, 4) is 11.5 Å². The van der Waals surface area contributed by atoms with Crippen molar-refractivity contribution in [3.63, 3.8) is 0 Å². The molecule has 0 radical (unpaired) electrons. The monoisotopic (exact) mass is 341 g/mol. The average molecular weight is 341 g/mol. The third-order valence-electron chi connectivity index (χ3n) is 4.50. The van der Waals surface area contributed by atoms with E-state index in [0.29, 0.717) is 6.79 Å². The highest BCUT2D eigenvalue weighted by atomic mass is 16.7. The molecule has 0 aliphatic carbocycles. The largest absolute Gasteiger partial charge is 0.454 e. The Hall–Kier alpha value is -2.54. The minimum Gasteiger partial charge on any atom is -0.454 e. The van der Waals surface area contributed by atoms with Crippen LogP contribution in [-0.2, 0) is 6.54 Å². The Balaban J connectivity index is 1.34. The summed E-state index contributed by atoms with van der Waals surface area (Å²) in [4.78, 5) is 13.7. The van der Waals surface area contributed by atoms with Crippen molar-refractivity contribution >= 4 is 11.8 Å². The van der Waals surface area contributed by atoms with Crippen LogP contribution in [0.3, 0.4) is 0 Å². The number of nitrogens with zero attached hydrogens (tertiary/aromatic N) is 4. The van der Waals surface area contributed by atoms with E-state index < -0.39 is 0 Å². The fourth-order valence-corrected chi connectivity index (χ4v) is 3.18. The van der Waals surface area contributed by atoms with E-state index in [9.17, 15) is 0 Å². The molecule has 3 heterocycles. The van der Waals surface area contributed by atoms with Crippen molar-refractivity contribution in [2.75, 3.05) is 49.7 Å². The molecular weight excluding hydrogens is 318 g/mol. The van der Waals surface area contributed by atoms with Gasteiger partial charge in [-0.25, -0.2) is 4.98 Å². The smallest absolute Gasteiger partial charge is 0.231 e. The first-order valence-corrected chi connectivity index (χ1v) is 8.74. The molecule has 0 atom stereocenters. The summed E-state index contributed by atoms with van der Waals surface area (Å²) in [6, 6.07) is 8.09. The lowest BCUT2D eigenvalue weighted by Gasteiger charge is -2.34. The summed E-state index contributed by atoms with van der Waals surface area (Å²) in [6.45, 7) is 8.01. The molecule has 2 aromatic rings. The Bertz CT molecular complexity index is 731. The lowest BCUT2D eigenvalue weighted by atomic mass is 10.1. The van der Waals surface area contributed by atoms with Crippen LogP contribution < -0.4 is 19.7 Å². The van der Waals surface area contributed by atoms with Crippen molar-refractivity contribution in [1.82, 2.24) is 14.9 Å². The van der Waals surface area contributed by atoms with Crippen molar-refractivity contribution in [1.29, 1.82) is 0 Å². The molecule has 0 unspecified atom stereocenters. The highest BCUT2D eigenvalue weighted by molar-refractivity contribution is 5.44. The lowest BCUT2D eigenvalue weighted by Crippen LogP contribution is -2.46. The molecule has 1 aromatic carbocycles. The summed E-state index contributed by atoms with van der Waals surface area (Å²) in [5.74, 6) is 3.38. The first kappa shape index (κ1) is 16.0. The van der Waals surface area contributed by atoms with E-state index in [-0.39, 0.29) is 0 Å². The van der Waals surface area contributed by atoms with Gasteiger partial charge < -0.3 is 19.7 Å². The molecule has 4 rings (SSSR count). The number of rotatable bonds is 5. The maximum Gasteiger partial charge on any atom is 0.231 e. The molecule has 0 amide bonds. The van der Waals surface area contributed by atoms with Gasteiger partial charge in [0.2, 0.25) is 12.7 Å². The number of hydrogen-bond donors (Lipinski definition) is 1. The van der Waals surface area contributed by atoms with Gasteiger partial charge in [-0.05, 0) is 30.7 Å². The highest BCUT2D eigenvalue weighted by Crippen LogP contribution is 2.32. The molecule has 25 heavy (non-hydrogen) atoms. The van der Waals surface area contributed by atoms with Crippen LogP contribution in [0, 0.1) is 0 Å². The second-order valence-electron chi connectivity index (χ2n) is 6.22. The van der Waals surface area contributed by atoms with Gasteiger partial charge in [0.05, 0.1) is 0 Å². The number of hydrogen-bond acceptors (Lipinski definition) is 7. The van der Waals surface area contributed by atoms with Crippen molar-refractivity contribution in [2.45, 2.75) is 13.5 Å². The molecule has 0 spiro atoms. The minimum absolute atomic E-state index is 0.323. The molecular formula is C18H23N5O2. The molecule has 132 valence electrons. The standard InChI is InChI=1S/C18H23N5O2/c1-2-19-17-5-6-20-18(21-17)23-9-7-22(8-10-23)12-14-3-4-15-16(11-14)25-13-24-15/h3-6,11H,2,7-10,12-13H2,1H3,(H,19,20,21). The quantitative estimate of drug-likeness (QED) is 0.892. The number of ether oxygens (including phenoxy) is 2. The van der Waals surface area contributed by atoms with Gasteiger partial charge >= 0.3 is 0 Å². The molecule has 1 N–H and O–H groups in total. The maximum atomic E-state index is 5.46. The van der Waals surface area contributed by atoms with Crippen molar-refractivity contribution < 1.29 is 9.47 Å². The predicted molar refractivity (Wildman–Crippen MR) is 96.3 cm³/mol. The van der Waals surface area contributed by atoms with E-state index in [0.717, 1.165) is 62.5 Å². The zero-order valence-electron chi connectivity index (χ0n) is 14.4. The molecule has 0 bridgehead atoms. The molecule has 0 saturated carbocycles. The van der Waals surface area contributed by atoms with Gasteiger partial charge in [-0.15, -0.1) is 0 Å². The topological polar surface area (TPSA) is 62.8 Å². The van der Waals surface area contributed by atoms with Crippen LogP contribution in [0.2, 0.25) is 0 Å². The number of nitrogens with one attached hydrogen (secondary N) is 1. The first-order valence-electron chi connectivity index (χ1n) is 8.74. The molecule has 1 fully saturated rings. The van der Waals surface area contributed by atoms with Crippen molar-refractivity contribution in [2.24, 2.45) is 0 Å². The van der Waals surface area contributed by atoms with Crippen LogP contribution in [0.4, 0.5) is 11.8 Å². The molecule has 2 aliphatic rings. The van der Waals surface area contributed by atoms with Gasteiger partial charge in [-0.3, -0.25) is 4.90 Å². The second-order valence-corrected chi connectivity index (χ2v) is 6.22. The number of anilines is 2. The van der Waals surface area contributed by atoms with E-state index >= 15 is 0 Å². The van der Waals surface area contributed by atoms with E-state index in [4.69, 9.17) is 9.47 Å². The SMILES string of the molecule is CCNc1ccnc(N2CCN(Cc3ccc4c(c3)OCO4)CC2)n1. The van der Waals surface area contributed by atoms with E-state index in [1.165, 1.54) is 5.56 Å². The van der Waals surface area contributed by atoms with Gasteiger partial charge in [0.15, 0.2) is 11.5 Å². The van der Waals surface area contributed by atoms with Crippen LogP contribution in [0.1, 0.15) is 12.5 Å². The fourth-order valence-electron chi connectivity index (χ4n) is 3.18. The van der Waals surface area contributed by atoms with Crippen LogP contribution in [-0.4, -0.2) is 54.4 Å². The van der Waals surface area contributed by atoms with Crippen LogP contribution in [0.15, 0.2) is 30.5 Å². The van der Waals surface area contributed by atoms with E-state index in [1.807, 2.05) is 18.3 Å². The Kier molecular flexibility index (Phi) is 4.56. The van der Waals surface area contributed by atoms with Gasteiger partial charge in [0.1, 0.15) is 5.82 Å². The molecule has 7 heteroatoms. The summed E-state index contributed by atoms with van der Waals surface area (Å²) in [5.41, 5.74) is 1.25. The number of aromatic nitrogens is 2. The third kappa shape index (κ3) is 3.61. The summed E-state index contributed by atoms with van der Waals surface area (Å²) in [6.07, 6.45) is 1.82. The fraction of sp³-hybridized carbons (Fsp3) is 0.444. The second kappa shape index (κ2) is 7.14. The molecule has 1 saturated heterocycles. The Labute approximate surface area is 147 Å². The zero-order chi connectivity index (χ0) is 17.1. The summed E-state index contributed by atoms with van der Waals surface area (Å²) in [5, 5.41) is 3.24. The summed E-state index contributed by atoms with van der Waals surface area (Å²) >= 11 is 0. The number of fused-ring (bicyclic) bond motifs is 1. The Morgan fingerprint density at radius 3 is 2.76 bits per heavy atom. The molecule has 2 aliphatic heterocycles. The maximum absolute atomic E-state index is 5.46. The Morgan fingerprint density at radius 1 is 1.08 bits per heavy atom. The lowest BCUT2D eigenvalue weighted by molar-refractivity contribution is 0.174. The molecule has 7 nitrogen and oxygen atoms in total. The number of benzene rings is 1. The summed E-state index contributed by atoms with van der Waals surface area (Å²) in [7, 11) is 0. The Morgan fingerprint density at radius 2 is 1.92 bits per heavy atom. The van der Waals surface area contributed by atoms with Crippen LogP contribution in [0.5, 0.6) is 11.5 Å². The van der Waals surface area contributed by atoms with E-state index in [2.05, 4.69) is 44.1 Å². The molecule has 1 aromatic heterocycles. The van der Waals surface area contributed by atoms with Gasteiger partial charge in [0, 0.05) is 45.5 Å². The van der Waals surface area contributed by atoms with Crippen LogP contribution >= 0.6 is 0 Å². The zero-order valence-corrected chi connectivity index (χ0v) is 14.4. The third-order valence-corrected chi connectivity index (χ3v) is 4.50. The van der Waals surface area contributed by atoms with Crippen molar-refractivity contribution in [3.05, 3.63) is 36.0 Å². The van der Waals surface area contributed by atoms with Gasteiger partial charge in [-0.1, -0.05) is 6.07 Å². The van der Waals surface area contributed by atoms with Crippen LogP contribution in [0.25, 0.3) is 0 Å². The predicted octanol–water partition coefficient (Wildman–Crippen LogP) is 1.96. The average Bonchev–Trinajstić information content (AvgIpc) is 3.11. The van der Waals surface area contributed by atoms with Gasteiger partial charge in [-0.2, -0.15) is 4.98 Å². The summed E-state index contributed by atoms with van der Waals surface area (Å²) < 4.78 is 10.8. The first-order chi connectivity index (χ1) is 12.3. The van der Waals surface area contributed by atoms with Gasteiger partial charge in [0.25, 0.3) is 0 Å². The minimum atomic E-state index is 0.323.